The second-order valence-electron chi connectivity index (χ2n) is 4.51. The van der Waals surface area contributed by atoms with Gasteiger partial charge in [0.1, 0.15) is 5.60 Å². The summed E-state index contributed by atoms with van der Waals surface area (Å²) in [4.78, 5) is 22.7. The number of benzene rings is 1. The summed E-state index contributed by atoms with van der Waals surface area (Å²) in [6.07, 6.45) is 0.475. The highest BCUT2D eigenvalue weighted by Gasteiger charge is 2.30. The number of amides is 1. The van der Waals surface area contributed by atoms with Crippen molar-refractivity contribution in [1.29, 1.82) is 0 Å². The van der Waals surface area contributed by atoms with Crippen LogP contribution in [0.5, 0.6) is 0 Å². The molecule has 1 aromatic rings. The molecule has 2 N–H and O–H groups in total. The van der Waals surface area contributed by atoms with Crippen LogP contribution in [0, 0.1) is 0 Å². The fourth-order valence-corrected chi connectivity index (χ4v) is 1.59. The molecule has 0 aliphatic heterocycles. The number of hydrogen-bond donors (Lipinski definition) is 2. The number of carbonyl (C=O) groups is 2. The van der Waals surface area contributed by atoms with E-state index in [2.05, 4.69) is 5.32 Å². The molecule has 19 heavy (non-hydrogen) atoms. The standard InChI is InChI=1S/C14H19NO4/c1-4-14(2,19-3)13(18)15-11-7-5-6-10(8-11)9-12(16)17/h5-8H,4,9H2,1-3H3,(H,15,18)(H,16,17). The van der Waals surface area contributed by atoms with Gasteiger partial charge in [-0.2, -0.15) is 0 Å². The third kappa shape index (κ3) is 4.06. The van der Waals surface area contributed by atoms with Crippen molar-refractivity contribution in [2.75, 3.05) is 12.4 Å². The van der Waals surface area contributed by atoms with E-state index in [1.54, 1.807) is 31.2 Å². The molecule has 0 radical (unpaired) electrons. The van der Waals surface area contributed by atoms with Crippen molar-refractivity contribution < 1.29 is 19.4 Å². The van der Waals surface area contributed by atoms with Crippen molar-refractivity contribution in [3.05, 3.63) is 29.8 Å². The largest absolute Gasteiger partial charge is 0.481 e. The summed E-state index contributed by atoms with van der Waals surface area (Å²) in [6, 6.07) is 6.79. The van der Waals surface area contributed by atoms with Crippen molar-refractivity contribution in [3.8, 4) is 0 Å². The van der Waals surface area contributed by atoms with E-state index in [0.717, 1.165) is 0 Å². The van der Waals surface area contributed by atoms with Crippen LogP contribution in [0.1, 0.15) is 25.8 Å². The molecule has 5 heteroatoms. The van der Waals surface area contributed by atoms with Crippen LogP contribution in [0.3, 0.4) is 0 Å². The SMILES string of the molecule is CCC(C)(OC)C(=O)Nc1cccc(CC(=O)O)c1. The highest BCUT2D eigenvalue weighted by Crippen LogP contribution is 2.18. The van der Waals surface area contributed by atoms with Crippen LogP contribution in [0.15, 0.2) is 24.3 Å². The number of carboxylic acid groups (broad SMARTS) is 1. The van der Waals surface area contributed by atoms with Crippen molar-refractivity contribution in [2.45, 2.75) is 32.3 Å². The number of ether oxygens (including phenoxy) is 1. The van der Waals surface area contributed by atoms with E-state index in [0.29, 0.717) is 17.7 Å². The summed E-state index contributed by atoms with van der Waals surface area (Å²) in [5, 5.41) is 11.5. The topological polar surface area (TPSA) is 75.6 Å². The molecule has 0 aliphatic carbocycles. The van der Waals surface area contributed by atoms with Gasteiger partial charge in [0.05, 0.1) is 6.42 Å². The van der Waals surface area contributed by atoms with Crippen LogP contribution < -0.4 is 5.32 Å². The van der Waals surface area contributed by atoms with Gasteiger partial charge in [-0.05, 0) is 31.0 Å². The number of anilines is 1. The van der Waals surface area contributed by atoms with Crippen LogP contribution in [0.4, 0.5) is 5.69 Å². The van der Waals surface area contributed by atoms with E-state index < -0.39 is 11.6 Å². The van der Waals surface area contributed by atoms with Crippen molar-refractivity contribution in [1.82, 2.24) is 0 Å². The Hall–Kier alpha value is -1.88. The van der Waals surface area contributed by atoms with Gasteiger partial charge in [-0.25, -0.2) is 0 Å². The summed E-state index contributed by atoms with van der Waals surface area (Å²) in [6.45, 7) is 3.58. The van der Waals surface area contributed by atoms with Gasteiger partial charge in [0.15, 0.2) is 0 Å². The first-order valence-electron chi connectivity index (χ1n) is 6.08. The van der Waals surface area contributed by atoms with Gasteiger partial charge in [-0.15, -0.1) is 0 Å². The molecular weight excluding hydrogens is 246 g/mol. The zero-order valence-corrected chi connectivity index (χ0v) is 11.4. The maximum absolute atomic E-state index is 12.1. The second-order valence-corrected chi connectivity index (χ2v) is 4.51. The minimum atomic E-state index is -0.904. The fourth-order valence-electron chi connectivity index (χ4n) is 1.59. The normalized spacial score (nSPS) is 13.6. The monoisotopic (exact) mass is 265 g/mol. The molecule has 5 nitrogen and oxygen atoms in total. The lowest BCUT2D eigenvalue weighted by Crippen LogP contribution is -2.41. The van der Waals surface area contributed by atoms with Gasteiger partial charge in [-0.1, -0.05) is 19.1 Å². The number of rotatable bonds is 6. The highest BCUT2D eigenvalue weighted by molar-refractivity contribution is 5.97. The Morgan fingerprint density at radius 2 is 2.11 bits per heavy atom. The van der Waals surface area contributed by atoms with E-state index in [-0.39, 0.29) is 12.3 Å². The van der Waals surface area contributed by atoms with E-state index in [1.165, 1.54) is 7.11 Å². The molecule has 104 valence electrons. The first-order valence-corrected chi connectivity index (χ1v) is 6.08. The Balaban J connectivity index is 2.82. The van der Waals surface area contributed by atoms with Crippen LogP contribution >= 0.6 is 0 Å². The maximum Gasteiger partial charge on any atom is 0.307 e. The van der Waals surface area contributed by atoms with E-state index >= 15 is 0 Å². The van der Waals surface area contributed by atoms with Crippen LogP contribution in [0.25, 0.3) is 0 Å². The Morgan fingerprint density at radius 3 is 2.63 bits per heavy atom. The molecule has 0 heterocycles. The smallest absolute Gasteiger partial charge is 0.307 e. The number of carbonyl (C=O) groups excluding carboxylic acids is 1. The number of aliphatic carboxylic acids is 1. The number of hydrogen-bond acceptors (Lipinski definition) is 3. The Morgan fingerprint density at radius 1 is 1.42 bits per heavy atom. The number of methoxy groups -OCH3 is 1. The molecule has 0 spiro atoms. The van der Waals surface area contributed by atoms with Gasteiger partial charge in [0.2, 0.25) is 0 Å². The lowest BCUT2D eigenvalue weighted by atomic mass is 10.0. The summed E-state index contributed by atoms with van der Waals surface area (Å²) in [7, 11) is 1.49. The average molecular weight is 265 g/mol. The van der Waals surface area contributed by atoms with Crippen molar-refractivity contribution in [2.24, 2.45) is 0 Å². The van der Waals surface area contributed by atoms with Crippen LogP contribution in [-0.2, 0) is 20.7 Å². The van der Waals surface area contributed by atoms with Crippen LogP contribution in [-0.4, -0.2) is 29.7 Å². The van der Waals surface area contributed by atoms with Crippen LogP contribution in [0.2, 0.25) is 0 Å². The minimum absolute atomic E-state index is 0.0704. The molecule has 1 unspecified atom stereocenters. The zero-order chi connectivity index (χ0) is 14.5. The molecule has 1 rings (SSSR count). The van der Waals surface area contributed by atoms with Gasteiger partial charge in [0.25, 0.3) is 5.91 Å². The molecule has 0 fully saturated rings. The van der Waals surface area contributed by atoms with Gasteiger partial charge >= 0.3 is 5.97 Å². The molecule has 0 saturated heterocycles. The lowest BCUT2D eigenvalue weighted by Gasteiger charge is -2.25. The predicted molar refractivity (Wildman–Crippen MR) is 72.1 cm³/mol. The molecular formula is C14H19NO4. The average Bonchev–Trinajstić information content (AvgIpc) is 2.37. The molecule has 0 aromatic heterocycles. The Kier molecular flexibility index (Phi) is 5.06. The maximum atomic E-state index is 12.1. The first-order chi connectivity index (χ1) is 8.91. The fraction of sp³-hybridized carbons (Fsp3) is 0.429. The summed E-state index contributed by atoms with van der Waals surface area (Å²) >= 11 is 0. The van der Waals surface area contributed by atoms with Gasteiger partial charge in [-0.3, -0.25) is 9.59 Å². The third-order valence-electron chi connectivity index (χ3n) is 3.15. The summed E-state index contributed by atoms with van der Waals surface area (Å²) < 4.78 is 5.21. The Labute approximate surface area is 112 Å². The zero-order valence-electron chi connectivity index (χ0n) is 11.4. The van der Waals surface area contributed by atoms with Crippen molar-refractivity contribution in [3.63, 3.8) is 0 Å². The first kappa shape index (κ1) is 15.2. The number of carboxylic acids is 1. The highest BCUT2D eigenvalue weighted by atomic mass is 16.5. The quantitative estimate of drug-likeness (QED) is 0.825. The van der Waals surface area contributed by atoms with E-state index in [9.17, 15) is 9.59 Å². The second kappa shape index (κ2) is 6.33. The molecule has 0 aliphatic rings. The third-order valence-corrected chi connectivity index (χ3v) is 3.15. The van der Waals surface area contributed by atoms with Crippen molar-refractivity contribution >= 4 is 17.6 Å². The summed E-state index contributed by atoms with van der Waals surface area (Å²) in [5.41, 5.74) is 0.324. The Bertz CT molecular complexity index is 466. The van der Waals surface area contributed by atoms with Gasteiger partial charge in [0, 0.05) is 12.8 Å². The number of nitrogens with one attached hydrogen (secondary N) is 1. The molecule has 0 saturated carbocycles. The van der Waals surface area contributed by atoms with Gasteiger partial charge < -0.3 is 15.2 Å². The molecule has 1 aromatic carbocycles. The summed E-state index contributed by atoms with van der Waals surface area (Å²) in [5.74, 6) is -1.15. The van der Waals surface area contributed by atoms with E-state index in [1.807, 2.05) is 6.92 Å². The molecule has 1 amide bonds. The molecule has 0 bridgehead atoms. The van der Waals surface area contributed by atoms with E-state index in [4.69, 9.17) is 9.84 Å². The lowest BCUT2D eigenvalue weighted by molar-refractivity contribution is -0.136. The predicted octanol–water partition coefficient (Wildman–Crippen LogP) is 2.07. The molecule has 1 atom stereocenters. The minimum Gasteiger partial charge on any atom is -0.481 e.